The molecule has 0 heterocycles. The van der Waals surface area contributed by atoms with E-state index in [0.29, 0.717) is 5.84 Å². The van der Waals surface area contributed by atoms with Crippen LogP contribution in [-0.4, -0.2) is 12.9 Å². The highest BCUT2D eigenvalue weighted by Crippen LogP contribution is 2.03. The zero-order valence-electron chi connectivity index (χ0n) is 7.73. The van der Waals surface area contributed by atoms with Crippen molar-refractivity contribution in [3.63, 3.8) is 0 Å². The molecule has 0 aromatic heterocycles. The van der Waals surface area contributed by atoms with E-state index in [1.807, 2.05) is 31.2 Å². The van der Waals surface area contributed by atoms with E-state index in [4.69, 9.17) is 5.73 Å². The molecule has 1 aromatic carbocycles. The lowest BCUT2D eigenvalue weighted by Crippen LogP contribution is -2.12. The predicted molar refractivity (Wildman–Crippen MR) is 52.7 cm³/mol. The summed E-state index contributed by atoms with van der Waals surface area (Å²) in [6, 6.07) is 7.76. The summed E-state index contributed by atoms with van der Waals surface area (Å²) in [5, 5.41) is 10.7. The number of nitrogens with zero attached hydrogens (tertiary/aromatic N) is 3. The number of hydrogen-bond donors (Lipinski definition) is 1. The van der Waals surface area contributed by atoms with E-state index in [1.165, 1.54) is 0 Å². The van der Waals surface area contributed by atoms with Crippen molar-refractivity contribution in [1.29, 1.82) is 0 Å². The van der Waals surface area contributed by atoms with Crippen LogP contribution < -0.4 is 5.73 Å². The maximum Gasteiger partial charge on any atom is 0.155 e. The minimum absolute atomic E-state index is 0.384. The molecule has 0 amide bonds. The molecule has 0 unspecified atom stereocenters. The third-order valence-corrected chi connectivity index (χ3v) is 1.56. The number of benzene rings is 1. The zero-order valence-corrected chi connectivity index (χ0v) is 7.73. The molecule has 0 bridgehead atoms. The molecule has 0 aliphatic heterocycles. The van der Waals surface area contributed by atoms with Gasteiger partial charge in [0.05, 0.1) is 7.05 Å². The highest BCUT2D eigenvalue weighted by atomic mass is 15.4. The summed E-state index contributed by atoms with van der Waals surface area (Å²) < 4.78 is 0. The van der Waals surface area contributed by atoms with Crippen LogP contribution in [-0.2, 0) is 0 Å². The molecule has 1 aromatic rings. The number of aryl methyl sites for hydroxylation is 1. The third-order valence-electron chi connectivity index (χ3n) is 1.56. The van der Waals surface area contributed by atoms with Gasteiger partial charge in [0.15, 0.2) is 5.84 Å². The van der Waals surface area contributed by atoms with Crippen molar-refractivity contribution in [3.8, 4) is 0 Å². The van der Waals surface area contributed by atoms with E-state index in [1.54, 1.807) is 7.05 Å². The first-order valence-corrected chi connectivity index (χ1v) is 3.93. The Labute approximate surface area is 77.2 Å². The second-order valence-electron chi connectivity index (χ2n) is 2.64. The Hall–Kier alpha value is -1.71. The maximum atomic E-state index is 5.65. The fourth-order valence-corrected chi connectivity index (χ4v) is 0.955. The van der Waals surface area contributed by atoms with Crippen LogP contribution in [0, 0.1) is 6.92 Å². The van der Waals surface area contributed by atoms with Crippen molar-refractivity contribution in [3.05, 3.63) is 35.4 Å². The molecular formula is C9H12N4. The number of hydrogen-bond acceptors (Lipinski definition) is 2. The van der Waals surface area contributed by atoms with Crippen LogP contribution in [0.25, 0.3) is 0 Å². The Morgan fingerprint density at radius 3 is 2.77 bits per heavy atom. The average Bonchev–Trinajstić information content (AvgIpc) is 2.14. The second kappa shape index (κ2) is 4.35. The van der Waals surface area contributed by atoms with Gasteiger partial charge in [0.25, 0.3) is 0 Å². The van der Waals surface area contributed by atoms with Crippen LogP contribution in [0.15, 0.2) is 39.7 Å². The fourth-order valence-electron chi connectivity index (χ4n) is 0.955. The lowest BCUT2D eigenvalue weighted by molar-refractivity contribution is 1.02. The van der Waals surface area contributed by atoms with Gasteiger partial charge < -0.3 is 5.73 Å². The summed E-state index contributed by atoms with van der Waals surface area (Å²) >= 11 is 0. The molecule has 0 saturated heterocycles. The van der Waals surface area contributed by atoms with E-state index in [-0.39, 0.29) is 0 Å². The average molecular weight is 176 g/mol. The highest BCUT2D eigenvalue weighted by Gasteiger charge is 1.96. The molecule has 0 spiro atoms. The van der Waals surface area contributed by atoms with Gasteiger partial charge in [-0.3, -0.25) is 0 Å². The summed E-state index contributed by atoms with van der Waals surface area (Å²) in [6.07, 6.45) is 0. The fraction of sp³-hybridized carbons (Fsp3) is 0.222. The molecule has 0 aliphatic carbocycles. The van der Waals surface area contributed by atoms with E-state index in [0.717, 1.165) is 11.1 Å². The van der Waals surface area contributed by atoms with E-state index in [2.05, 4.69) is 15.4 Å². The van der Waals surface area contributed by atoms with E-state index >= 15 is 0 Å². The van der Waals surface area contributed by atoms with Crippen LogP contribution in [0.4, 0.5) is 0 Å². The first-order valence-electron chi connectivity index (χ1n) is 3.93. The molecule has 0 fully saturated rings. The predicted octanol–water partition coefficient (Wildman–Crippen LogP) is 1.70. The highest BCUT2D eigenvalue weighted by molar-refractivity contribution is 5.97. The molecule has 0 aliphatic rings. The van der Waals surface area contributed by atoms with Gasteiger partial charge >= 0.3 is 0 Å². The summed E-state index contributed by atoms with van der Waals surface area (Å²) in [5.74, 6) is 0.384. The molecule has 68 valence electrons. The van der Waals surface area contributed by atoms with Crippen molar-refractivity contribution in [2.45, 2.75) is 6.92 Å². The van der Waals surface area contributed by atoms with Crippen LogP contribution >= 0.6 is 0 Å². The van der Waals surface area contributed by atoms with Crippen molar-refractivity contribution in [2.24, 2.45) is 21.2 Å². The van der Waals surface area contributed by atoms with Crippen molar-refractivity contribution >= 4 is 5.84 Å². The molecule has 13 heavy (non-hydrogen) atoms. The smallest absolute Gasteiger partial charge is 0.155 e. The van der Waals surface area contributed by atoms with Crippen LogP contribution in [0.5, 0.6) is 0 Å². The number of nitrogens with two attached hydrogens (primary N) is 1. The topological polar surface area (TPSA) is 63.1 Å². The summed E-state index contributed by atoms with van der Waals surface area (Å²) in [5.41, 5.74) is 7.66. The summed E-state index contributed by atoms with van der Waals surface area (Å²) in [4.78, 5) is 0. The minimum Gasteiger partial charge on any atom is -0.382 e. The van der Waals surface area contributed by atoms with Gasteiger partial charge in [-0.05, 0) is 18.2 Å². The Kier molecular flexibility index (Phi) is 3.14. The first kappa shape index (κ1) is 9.38. The Morgan fingerprint density at radius 2 is 2.15 bits per heavy atom. The largest absolute Gasteiger partial charge is 0.382 e. The van der Waals surface area contributed by atoms with Gasteiger partial charge in [-0.15, -0.1) is 5.10 Å². The molecule has 4 heteroatoms. The molecular weight excluding hydrogens is 164 g/mol. The lowest BCUT2D eigenvalue weighted by atomic mass is 10.1. The van der Waals surface area contributed by atoms with Crippen molar-refractivity contribution in [1.82, 2.24) is 0 Å². The molecule has 2 N–H and O–H groups in total. The van der Waals surface area contributed by atoms with Gasteiger partial charge in [0.1, 0.15) is 0 Å². The number of rotatable bonds is 2. The SMILES string of the molecule is CN=NN=C(N)c1cccc(C)c1. The summed E-state index contributed by atoms with van der Waals surface area (Å²) in [6.45, 7) is 2.00. The van der Waals surface area contributed by atoms with E-state index < -0.39 is 0 Å². The number of amidine groups is 1. The maximum absolute atomic E-state index is 5.65. The Morgan fingerprint density at radius 1 is 1.38 bits per heavy atom. The molecule has 1 rings (SSSR count). The monoisotopic (exact) mass is 176 g/mol. The Bertz CT molecular complexity index is 341. The van der Waals surface area contributed by atoms with Crippen LogP contribution in [0.1, 0.15) is 11.1 Å². The van der Waals surface area contributed by atoms with Crippen LogP contribution in [0.3, 0.4) is 0 Å². The second-order valence-corrected chi connectivity index (χ2v) is 2.64. The zero-order chi connectivity index (χ0) is 9.68. The standard InChI is InChI=1S/C9H12N4/c1-7-4-3-5-8(6-7)9(10)12-13-11-2/h3-6H,1-2H3,(H2,10,11,12). The van der Waals surface area contributed by atoms with Gasteiger partial charge in [0, 0.05) is 5.56 Å². The molecule has 4 nitrogen and oxygen atoms in total. The quantitative estimate of drug-likeness (QED) is 0.317. The molecule has 0 radical (unpaired) electrons. The summed E-state index contributed by atoms with van der Waals surface area (Å²) in [7, 11) is 1.55. The van der Waals surface area contributed by atoms with Gasteiger partial charge in [-0.2, -0.15) is 5.11 Å². The normalized spacial score (nSPS) is 12.3. The first-order chi connectivity index (χ1) is 6.24. The van der Waals surface area contributed by atoms with Crippen molar-refractivity contribution < 1.29 is 0 Å². The van der Waals surface area contributed by atoms with Gasteiger partial charge in [0.2, 0.25) is 0 Å². The van der Waals surface area contributed by atoms with Crippen molar-refractivity contribution in [2.75, 3.05) is 7.05 Å². The molecule has 0 atom stereocenters. The molecule has 0 saturated carbocycles. The third kappa shape index (κ3) is 2.66. The minimum atomic E-state index is 0.384. The van der Waals surface area contributed by atoms with Gasteiger partial charge in [-0.25, -0.2) is 0 Å². The lowest BCUT2D eigenvalue weighted by Gasteiger charge is -1.98. The Balaban J connectivity index is 2.94. The van der Waals surface area contributed by atoms with Crippen LogP contribution in [0.2, 0.25) is 0 Å². The van der Waals surface area contributed by atoms with E-state index in [9.17, 15) is 0 Å². The van der Waals surface area contributed by atoms with Gasteiger partial charge in [-0.1, -0.05) is 23.8 Å².